The van der Waals surface area contributed by atoms with Crippen LogP contribution in [0.15, 0.2) is 48.5 Å². The number of anilines is 1. The molecule has 0 unspecified atom stereocenters. The fourth-order valence-electron chi connectivity index (χ4n) is 2.75. The van der Waals surface area contributed by atoms with Crippen molar-refractivity contribution in [3.8, 4) is 5.75 Å². The smallest absolute Gasteiger partial charge is 0.431 e. The molecule has 4 nitrogen and oxygen atoms in total. The summed E-state index contributed by atoms with van der Waals surface area (Å²) in [4.78, 5) is 12.6. The van der Waals surface area contributed by atoms with E-state index in [1.165, 1.54) is 25.3 Å². The molecule has 3 aromatic rings. The number of ether oxygens (including phenoxy) is 1. The molecular formula is C18H15F3N2O2. The van der Waals surface area contributed by atoms with Crippen molar-refractivity contribution in [2.75, 3.05) is 12.8 Å². The van der Waals surface area contributed by atoms with Gasteiger partial charge in [-0.05, 0) is 42.0 Å². The topological polar surface area (TPSA) is 57.2 Å². The number of benzene rings is 2. The van der Waals surface area contributed by atoms with E-state index < -0.39 is 17.8 Å². The summed E-state index contributed by atoms with van der Waals surface area (Å²) in [7, 11) is 1.48. The van der Waals surface area contributed by atoms with Crippen molar-refractivity contribution in [2.45, 2.75) is 12.6 Å². The van der Waals surface area contributed by atoms with Gasteiger partial charge in [0, 0.05) is 11.1 Å². The summed E-state index contributed by atoms with van der Waals surface area (Å²) in [5.41, 5.74) is 5.69. The molecule has 130 valence electrons. The van der Waals surface area contributed by atoms with Crippen molar-refractivity contribution in [3.05, 3.63) is 59.8 Å². The highest BCUT2D eigenvalue weighted by atomic mass is 19.4. The number of rotatable bonds is 3. The number of methoxy groups -OCH3 is 1. The van der Waals surface area contributed by atoms with Crippen molar-refractivity contribution in [1.29, 1.82) is 0 Å². The highest BCUT2D eigenvalue weighted by Crippen LogP contribution is 2.35. The summed E-state index contributed by atoms with van der Waals surface area (Å²) < 4.78 is 45.9. The molecule has 0 radical (unpaired) electrons. The Balaban J connectivity index is 2.08. The van der Waals surface area contributed by atoms with Gasteiger partial charge >= 0.3 is 6.18 Å². The maximum Gasteiger partial charge on any atom is 0.431 e. The molecule has 2 aromatic carbocycles. The maximum absolute atomic E-state index is 13.4. The van der Waals surface area contributed by atoms with E-state index >= 15 is 0 Å². The van der Waals surface area contributed by atoms with Crippen LogP contribution in [0.2, 0.25) is 0 Å². The van der Waals surface area contributed by atoms with Crippen LogP contribution in [-0.2, 0) is 12.6 Å². The molecule has 2 N–H and O–H groups in total. The molecule has 0 aliphatic heterocycles. The zero-order valence-corrected chi connectivity index (χ0v) is 13.3. The van der Waals surface area contributed by atoms with Crippen LogP contribution < -0.4 is 10.5 Å². The minimum Gasteiger partial charge on any atom is -0.497 e. The van der Waals surface area contributed by atoms with Crippen molar-refractivity contribution in [1.82, 2.24) is 4.57 Å². The highest BCUT2D eigenvalue weighted by molar-refractivity contribution is 5.96. The number of nitrogens with two attached hydrogens (primary N) is 1. The minimum absolute atomic E-state index is 0.175. The fourth-order valence-corrected chi connectivity index (χ4v) is 2.75. The van der Waals surface area contributed by atoms with Gasteiger partial charge in [0.15, 0.2) is 0 Å². The summed E-state index contributed by atoms with van der Waals surface area (Å²) in [6, 6.07) is 11.9. The lowest BCUT2D eigenvalue weighted by Gasteiger charge is -2.12. The number of nitrogen functional groups attached to an aromatic ring is 1. The number of carbonyl (C=O) groups is 1. The van der Waals surface area contributed by atoms with Gasteiger partial charge in [-0.25, -0.2) is 0 Å². The van der Waals surface area contributed by atoms with Gasteiger partial charge in [-0.15, -0.1) is 0 Å². The number of alkyl halides is 3. The molecule has 1 aromatic heterocycles. The van der Waals surface area contributed by atoms with Crippen LogP contribution in [-0.4, -0.2) is 17.6 Å². The number of hydrogen-bond donors (Lipinski definition) is 1. The van der Waals surface area contributed by atoms with Crippen LogP contribution in [0.3, 0.4) is 0 Å². The second-order valence-corrected chi connectivity index (χ2v) is 5.60. The fraction of sp³-hybridized carbons (Fsp3) is 0.167. The Hall–Kier alpha value is -2.96. The number of fused-ring (bicyclic) bond motifs is 1. The summed E-state index contributed by atoms with van der Waals surface area (Å²) in [5.74, 6) is -0.146. The van der Waals surface area contributed by atoms with E-state index in [0.29, 0.717) is 21.6 Å². The van der Waals surface area contributed by atoms with Gasteiger partial charge in [0.05, 0.1) is 19.0 Å². The Bertz CT molecular complexity index is 945. The molecule has 0 fully saturated rings. The third kappa shape index (κ3) is 3.31. The van der Waals surface area contributed by atoms with Crippen LogP contribution in [0, 0.1) is 0 Å². The van der Waals surface area contributed by atoms with Gasteiger partial charge in [0.1, 0.15) is 11.4 Å². The van der Waals surface area contributed by atoms with Gasteiger partial charge in [-0.2, -0.15) is 13.2 Å². The molecule has 0 aliphatic rings. The van der Waals surface area contributed by atoms with Gasteiger partial charge in [0.25, 0.3) is 0 Å². The Morgan fingerprint density at radius 2 is 1.92 bits per heavy atom. The lowest BCUT2D eigenvalue weighted by Crippen LogP contribution is -2.21. The maximum atomic E-state index is 13.4. The van der Waals surface area contributed by atoms with Gasteiger partial charge in [0.2, 0.25) is 5.91 Å². The SMILES string of the molecule is COc1cccc(CC(=O)n2c(C(F)(F)F)cc3cc(N)ccc32)c1. The first kappa shape index (κ1) is 16.9. The Kier molecular flexibility index (Phi) is 4.16. The first-order valence-electron chi connectivity index (χ1n) is 7.44. The van der Waals surface area contributed by atoms with E-state index in [4.69, 9.17) is 10.5 Å². The number of halogens is 3. The van der Waals surface area contributed by atoms with Crippen molar-refractivity contribution in [3.63, 3.8) is 0 Å². The molecule has 1 heterocycles. The standard InChI is InChI=1S/C18H15F3N2O2/c1-25-14-4-2-3-11(7-14)8-17(24)23-15-6-5-13(22)9-12(15)10-16(23)18(19,20)21/h2-7,9-10H,8,22H2,1H3. The molecule has 0 aliphatic carbocycles. The zero-order chi connectivity index (χ0) is 18.2. The Morgan fingerprint density at radius 1 is 1.16 bits per heavy atom. The van der Waals surface area contributed by atoms with Gasteiger partial charge in [-0.1, -0.05) is 12.1 Å². The lowest BCUT2D eigenvalue weighted by atomic mass is 10.1. The molecular weight excluding hydrogens is 333 g/mol. The van der Waals surface area contributed by atoms with E-state index in [0.717, 1.165) is 6.07 Å². The van der Waals surface area contributed by atoms with Crippen molar-refractivity contribution in [2.24, 2.45) is 0 Å². The summed E-state index contributed by atoms with van der Waals surface area (Å²) in [6.45, 7) is 0. The van der Waals surface area contributed by atoms with Crippen LogP contribution >= 0.6 is 0 Å². The van der Waals surface area contributed by atoms with E-state index in [1.807, 2.05) is 0 Å². The lowest BCUT2D eigenvalue weighted by molar-refractivity contribution is -0.142. The molecule has 0 bridgehead atoms. The first-order valence-corrected chi connectivity index (χ1v) is 7.44. The van der Waals surface area contributed by atoms with Crippen LogP contribution in [0.5, 0.6) is 5.75 Å². The molecule has 0 amide bonds. The molecule has 0 atom stereocenters. The van der Waals surface area contributed by atoms with Crippen molar-refractivity contribution < 1.29 is 22.7 Å². The largest absolute Gasteiger partial charge is 0.497 e. The molecule has 7 heteroatoms. The van der Waals surface area contributed by atoms with Crippen LogP contribution in [0.4, 0.5) is 18.9 Å². The average Bonchev–Trinajstić information content (AvgIpc) is 2.93. The van der Waals surface area contributed by atoms with E-state index in [1.54, 1.807) is 24.3 Å². The van der Waals surface area contributed by atoms with Gasteiger partial charge in [-0.3, -0.25) is 9.36 Å². The Morgan fingerprint density at radius 3 is 2.60 bits per heavy atom. The second kappa shape index (κ2) is 6.16. The quantitative estimate of drug-likeness (QED) is 0.724. The predicted octanol–water partition coefficient (Wildman–Crippen LogP) is 4.13. The number of hydrogen-bond acceptors (Lipinski definition) is 3. The molecule has 0 spiro atoms. The van der Waals surface area contributed by atoms with E-state index in [9.17, 15) is 18.0 Å². The molecule has 0 saturated carbocycles. The first-order chi connectivity index (χ1) is 11.8. The monoisotopic (exact) mass is 348 g/mol. The molecule has 0 saturated heterocycles. The zero-order valence-electron chi connectivity index (χ0n) is 13.3. The number of nitrogens with zero attached hydrogens (tertiary/aromatic N) is 1. The van der Waals surface area contributed by atoms with Gasteiger partial charge < -0.3 is 10.5 Å². The highest BCUT2D eigenvalue weighted by Gasteiger charge is 2.37. The van der Waals surface area contributed by atoms with E-state index in [-0.39, 0.29) is 17.3 Å². The van der Waals surface area contributed by atoms with E-state index in [2.05, 4.69) is 0 Å². The van der Waals surface area contributed by atoms with Crippen molar-refractivity contribution >= 4 is 22.5 Å². The molecule has 25 heavy (non-hydrogen) atoms. The summed E-state index contributed by atoms with van der Waals surface area (Å²) >= 11 is 0. The predicted molar refractivity (Wildman–Crippen MR) is 88.7 cm³/mol. The Labute approximate surface area is 141 Å². The summed E-state index contributed by atoms with van der Waals surface area (Å²) in [6.07, 6.45) is -4.84. The third-order valence-electron chi connectivity index (χ3n) is 3.85. The third-order valence-corrected chi connectivity index (χ3v) is 3.85. The number of carbonyl (C=O) groups excluding carboxylic acids is 1. The summed E-state index contributed by atoms with van der Waals surface area (Å²) in [5, 5.41) is 0.270. The van der Waals surface area contributed by atoms with Crippen LogP contribution in [0.1, 0.15) is 16.1 Å². The average molecular weight is 348 g/mol. The number of aromatic nitrogens is 1. The molecule has 3 rings (SSSR count). The second-order valence-electron chi connectivity index (χ2n) is 5.60. The van der Waals surface area contributed by atoms with Crippen LogP contribution in [0.25, 0.3) is 10.9 Å². The minimum atomic E-state index is -4.65. The normalized spacial score (nSPS) is 11.7.